The van der Waals surface area contributed by atoms with Gasteiger partial charge in [-0.25, -0.2) is 0 Å². The highest BCUT2D eigenvalue weighted by molar-refractivity contribution is 7.09. The Labute approximate surface area is 104 Å². The monoisotopic (exact) mass is 241 g/mol. The van der Waals surface area contributed by atoms with Gasteiger partial charge in [0.2, 0.25) is 0 Å². The van der Waals surface area contributed by atoms with Gasteiger partial charge in [0.1, 0.15) is 5.76 Å². The van der Waals surface area contributed by atoms with Gasteiger partial charge < -0.3 is 4.42 Å². The average Bonchev–Trinajstić information content (AvgIpc) is 3.00. The molecule has 0 fully saturated rings. The van der Waals surface area contributed by atoms with Crippen LogP contribution >= 0.6 is 11.5 Å². The molecule has 0 N–H and O–H groups in total. The van der Waals surface area contributed by atoms with Crippen molar-refractivity contribution in [1.29, 1.82) is 0 Å². The van der Waals surface area contributed by atoms with Crippen molar-refractivity contribution in [2.75, 3.05) is 0 Å². The van der Waals surface area contributed by atoms with Gasteiger partial charge in [0.05, 0.1) is 16.8 Å². The van der Waals surface area contributed by atoms with Crippen LogP contribution in [-0.4, -0.2) is 4.37 Å². The maximum absolute atomic E-state index is 5.40. The number of furan rings is 1. The summed E-state index contributed by atoms with van der Waals surface area (Å²) < 4.78 is 9.71. The first kappa shape index (κ1) is 10.3. The highest BCUT2D eigenvalue weighted by Gasteiger charge is 2.05. The molecule has 0 spiro atoms. The topological polar surface area (TPSA) is 26.0 Å². The average molecular weight is 241 g/mol. The van der Waals surface area contributed by atoms with Gasteiger partial charge >= 0.3 is 0 Å². The number of aromatic nitrogens is 1. The van der Waals surface area contributed by atoms with Crippen LogP contribution in [0.25, 0.3) is 21.8 Å². The van der Waals surface area contributed by atoms with E-state index in [0.29, 0.717) is 0 Å². The zero-order valence-corrected chi connectivity index (χ0v) is 10.2. The lowest BCUT2D eigenvalue weighted by atomic mass is 10.1. The number of rotatable bonds is 2. The summed E-state index contributed by atoms with van der Waals surface area (Å²) in [5.41, 5.74) is 3.34. The lowest BCUT2D eigenvalue weighted by molar-refractivity contribution is 0.582. The van der Waals surface area contributed by atoms with E-state index in [1.54, 1.807) is 6.26 Å². The molecule has 0 aliphatic heterocycles. The van der Waals surface area contributed by atoms with Gasteiger partial charge in [0.25, 0.3) is 0 Å². The van der Waals surface area contributed by atoms with E-state index >= 15 is 0 Å². The Balaban J connectivity index is 2.05. The van der Waals surface area contributed by atoms with Gasteiger partial charge in [-0.1, -0.05) is 18.2 Å². The molecule has 2 heterocycles. The highest BCUT2D eigenvalue weighted by atomic mass is 32.1. The molecule has 0 saturated heterocycles. The van der Waals surface area contributed by atoms with Crippen LogP contribution in [0.4, 0.5) is 0 Å². The van der Waals surface area contributed by atoms with Gasteiger partial charge in [0, 0.05) is 5.56 Å². The third-order valence-electron chi connectivity index (χ3n) is 2.58. The predicted molar refractivity (Wildman–Crippen MR) is 70.0 cm³/mol. The molecule has 2 aromatic heterocycles. The zero-order chi connectivity index (χ0) is 11.7. The van der Waals surface area contributed by atoms with Crippen LogP contribution in [0.15, 0.2) is 53.1 Å². The van der Waals surface area contributed by atoms with E-state index in [9.17, 15) is 0 Å². The third-order valence-corrected chi connectivity index (χ3v) is 3.51. The molecule has 0 atom stereocenters. The van der Waals surface area contributed by atoms with Gasteiger partial charge in [0.15, 0.2) is 0 Å². The van der Waals surface area contributed by atoms with Crippen molar-refractivity contribution in [3.05, 3.63) is 54.4 Å². The van der Waals surface area contributed by atoms with Gasteiger partial charge in [-0.2, -0.15) is 4.37 Å². The number of aryl methyl sites for hydroxylation is 1. The lowest BCUT2D eigenvalue weighted by Crippen LogP contribution is -1.76. The molecule has 3 rings (SSSR count). The number of hydrogen-bond acceptors (Lipinski definition) is 3. The maximum Gasteiger partial charge on any atom is 0.133 e. The molecule has 0 saturated carbocycles. The molecular formula is C14H11NOS. The minimum absolute atomic E-state index is 0.896. The predicted octanol–water partition coefficient (Wildman–Crippen LogP) is 4.38. The molecule has 17 heavy (non-hydrogen) atoms. The van der Waals surface area contributed by atoms with E-state index in [1.165, 1.54) is 22.0 Å². The van der Waals surface area contributed by atoms with E-state index in [4.69, 9.17) is 4.42 Å². The summed E-state index contributed by atoms with van der Waals surface area (Å²) in [7, 11) is 0. The number of benzene rings is 1. The van der Waals surface area contributed by atoms with Crippen molar-refractivity contribution in [3.63, 3.8) is 0 Å². The first-order valence-corrected chi connectivity index (χ1v) is 6.18. The molecule has 0 bridgehead atoms. The summed E-state index contributed by atoms with van der Waals surface area (Å²) in [6, 6.07) is 14.3. The second-order valence-corrected chi connectivity index (χ2v) is 4.70. The van der Waals surface area contributed by atoms with Crippen molar-refractivity contribution in [2.45, 2.75) is 6.92 Å². The Morgan fingerprint density at radius 3 is 2.65 bits per heavy atom. The van der Waals surface area contributed by atoms with Crippen molar-refractivity contribution >= 4 is 11.5 Å². The molecular weight excluding hydrogens is 230 g/mol. The van der Waals surface area contributed by atoms with Gasteiger partial charge in [-0.15, -0.1) is 0 Å². The van der Waals surface area contributed by atoms with Gasteiger partial charge in [-0.05, 0) is 48.3 Å². The fraction of sp³-hybridized carbons (Fsp3) is 0.0714. The van der Waals surface area contributed by atoms with E-state index in [0.717, 1.165) is 17.0 Å². The van der Waals surface area contributed by atoms with E-state index in [1.807, 2.05) is 25.1 Å². The molecule has 84 valence electrons. The SMILES string of the molecule is Cc1cc(-c2cccc(-c3ccco3)c2)sn1. The molecule has 0 aliphatic rings. The third kappa shape index (κ3) is 2.01. The summed E-state index contributed by atoms with van der Waals surface area (Å²) in [5, 5.41) is 0. The molecule has 3 aromatic rings. The van der Waals surface area contributed by atoms with E-state index < -0.39 is 0 Å². The summed E-state index contributed by atoms with van der Waals surface area (Å²) >= 11 is 1.53. The Morgan fingerprint density at radius 2 is 1.94 bits per heavy atom. The Morgan fingerprint density at radius 1 is 1.06 bits per heavy atom. The quantitative estimate of drug-likeness (QED) is 0.665. The maximum atomic E-state index is 5.40. The second-order valence-electron chi connectivity index (χ2n) is 3.89. The van der Waals surface area contributed by atoms with Crippen molar-refractivity contribution < 1.29 is 4.42 Å². The summed E-state index contributed by atoms with van der Waals surface area (Å²) in [6.07, 6.45) is 1.69. The fourth-order valence-electron chi connectivity index (χ4n) is 1.77. The van der Waals surface area contributed by atoms with Crippen molar-refractivity contribution in [2.24, 2.45) is 0 Å². The highest BCUT2D eigenvalue weighted by Crippen LogP contribution is 2.29. The molecule has 2 nitrogen and oxygen atoms in total. The molecule has 0 unspecified atom stereocenters. The molecule has 0 radical (unpaired) electrons. The number of nitrogens with zero attached hydrogens (tertiary/aromatic N) is 1. The van der Waals surface area contributed by atoms with Gasteiger partial charge in [-0.3, -0.25) is 0 Å². The fourth-order valence-corrected chi connectivity index (χ4v) is 2.52. The van der Waals surface area contributed by atoms with Crippen LogP contribution in [0.2, 0.25) is 0 Å². The minimum atomic E-state index is 0.896. The zero-order valence-electron chi connectivity index (χ0n) is 9.38. The minimum Gasteiger partial charge on any atom is -0.464 e. The molecule has 0 aliphatic carbocycles. The first-order chi connectivity index (χ1) is 8.33. The molecule has 1 aromatic carbocycles. The smallest absolute Gasteiger partial charge is 0.133 e. The van der Waals surface area contributed by atoms with Crippen LogP contribution in [0.3, 0.4) is 0 Å². The summed E-state index contributed by atoms with van der Waals surface area (Å²) in [4.78, 5) is 1.19. The van der Waals surface area contributed by atoms with E-state index in [2.05, 4.69) is 28.6 Å². The Kier molecular flexibility index (Phi) is 2.53. The van der Waals surface area contributed by atoms with Crippen molar-refractivity contribution in [3.8, 4) is 21.8 Å². The normalized spacial score (nSPS) is 10.6. The summed E-state index contributed by atoms with van der Waals surface area (Å²) in [5.74, 6) is 0.896. The van der Waals surface area contributed by atoms with Crippen LogP contribution in [0.5, 0.6) is 0 Å². The van der Waals surface area contributed by atoms with E-state index in [-0.39, 0.29) is 0 Å². The Hall–Kier alpha value is -1.87. The number of hydrogen-bond donors (Lipinski definition) is 0. The van der Waals surface area contributed by atoms with Crippen LogP contribution in [0.1, 0.15) is 5.69 Å². The van der Waals surface area contributed by atoms with Crippen LogP contribution < -0.4 is 0 Å². The van der Waals surface area contributed by atoms with Crippen LogP contribution in [-0.2, 0) is 0 Å². The molecule has 0 amide bonds. The van der Waals surface area contributed by atoms with Crippen molar-refractivity contribution in [1.82, 2.24) is 4.37 Å². The lowest BCUT2D eigenvalue weighted by Gasteiger charge is -2.00. The first-order valence-electron chi connectivity index (χ1n) is 5.40. The summed E-state index contributed by atoms with van der Waals surface area (Å²) in [6.45, 7) is 2.01. The standard InChI is InChI=1S/C14H11NOS/c1-10-8-14(17-15-10)12-5-2-4-11(9-12)13-6-3-7-16-13/h2-9H,1H3. The Bertz CT molecular complexity index is 625. The largest absolute Gasteiger partial charge is 0.464 e. The van der Waals surface area contributed by atoms with Crippen LogP contribution in [0, 0.1) is 6.92 Å². The molecule has 3 heteroatoms. The second kappa shape index (κ2) is 4.18.